The molecule has 0 radical (unpaired) electrons. The average molecular weight is 243 g/mol. The summed E-state index contributed by atoms with van der Waals surface area (Å²) in [4.78, 5) is 13.7. The molecule has 1 saturated heterocycles. The quantitative estimate of drug-likeness (QED) is 0.768. The van der Waals surface area contributed by atoms with Crippen LogP contribution in [0.4, 0.5) is 0 Å². The Labute approximate surface area is 101 Å². The van der Waals surface area contributed by atoms with Gasteiger partial charge in [-0.15, -0.1) is 12.4 Å². The van der Waals surface area contributed by atoms with Gasteiger partial charge in [-0.1, -0.05) is 12.1 Å². The highest BCUT2D eigenvalue weighted by molar-refractivity contribution is 5.96. The van der Waals surface area contributed by atoms with Crippen molar-refractivity contribution in [3.05, 3.63) is 29.8 Å². The first-order chi connectivity index (χ1) is 7.29. The van der Waals surface area contributed by atoms with Gasteiger partial charge in [-0.05, 0) is 12.1 Å². The third kappa shape index (κ3) is 2.65. The van der Waals surface area contributed by atoms with E-state index in [2.05, 4.69) is 5.32 Å². The lowest BCUT2D eigenvalue weighted by molar-refractivity contribution is 0.0733. The highest BCUT2D eigenvalue weighted by Gasteiger charge is 2.19. The zero-order chi connectivity index (χ0) is 10.7. The van der Waals surface area contributed by atoms with Crippen molar-refractivity contribution in [2.24, 2.45) is 0 Å². The summed E-state index contributed by atoms with van der Waals surface area (Å²) in [6.07, 6.45) is 0. The Kier molecular flexibility index (Phi) is 4.58. The molecule has 2 N–H and O–H groups in total. The molecule has 0 aliphatic carbocycles. The van der Waals surface area contributed by atoms with E-state index in [-0.39, 0.29) is 24.1 Å². The summed E-state index contributed by atoms with van der Waals surface area (Å²) in [6.45, 7) is 3.04. The van der Waals surface area contributed by atoms with Gasteiger partial charge in [0, 0.05) is 26.2 Å². The van der Waals surface area contributed by atoms with Gasteiger partial charge in [0.05, 0.1) is 5.56 Å². The smallest absolute Gasteiger partial charge is 0.257 e. The van der Waals surface area contributed by atoms with Crippen LogP contribution >= 0.6 is 12.4 Å². The number of benzene rings is 1. The standard InChI is InChI=1S/C11H14N2O2.ClH/c14-10-4-2-1-3-9(10)11(15)13-7-5-12-6-8-13;/h1-4,12,14H,5-8H2;1H. The normalized spacial score (nSPS) is 15.4. The molecule has 0 bridgehead atoms. The Hall–Kier alpha value is -1.26. The fraction of sp³-hybridized carbons (Fsp3) is 0.364. The van der Waals surface area contributed by atoms with Gasteiger partial charge < -0.3 is 15.3 Å². The fourth-order valence-corrected chi connectivity index (χ4v) is 1.69. The molecule has 1 heterocycles. The largest absolute Gasteiger partial charge is 0.507 e. The fourth-order valence-electron chi connectivity index (χ4n) is 1.69. The molecule has 1 amide bonds. The summed E-state index contributed by atoms with van der Waals surface area (Å²) >= 11 is 0. The first-order valence-corrected chi connectivity index (χ1v) is 5.07. The molecule has 0 atom stereocenters. The van der Waals surface area contributed by atoms with Crippen LogP contribution in [-0.4, -0.2) is 42.1 Å². The van der Waals surface area contributed by atoms with Gasteiger partial charge in [0.15, 0.2) is 0 Å². The SMILES string of the molecule is Cl.O=C(c1ccccc1O)N1CCNCC1. The van der Waals surface area contributed by atoms with Gasteiger partial charge >= 0.3 is 0 Å². The summed E-state index contributed by atoms with van der Waals surface area (Å²) in [5.74, 6) is -0.0318. The van der Waals surface area contributed by atoms with E-state index in [0.717, 1.165) is 13.1 Å². The zero-order valence-corrected chi connectivity index (χ0v) is 9.67. The molecule has 5 heteroatoms. The van der Waals surface area contributed by atoms with Gasteiger partial charge in [0.25, 0.3) is 5.91 Å². The number of nitrogens with one attached hydrogen (secondary N) is 1. The second-order valence-corrected chi connectivity index (χ2v) is 3.56. The Morgan fingerprint density at radius 1 is 1.25 bits per heavy atom. The third-order valence-electron chi connectivity index (χ3n) is 2.54. The van der Waals surface area contributed by atoms with Gasteiger partial charge in [0.2, 0.25) is 0 Å². The van der Waals surface area contributed by atoms with Crippen molar-refractivity contribution < 1.29 is 9.90 Å². The van der Waals surface area contributed by atoms with Crippen LogP contribution in [0, 0.1) is 0 Å². The number of halogens is 1. The number of rotatable bonds is 1. The number of phenols is 1. The number of piperazine rings is 1. The van der Waals surface area contributed by atoms with Gasteiger partial charge in [0.1, 0.15) is 5.75 Å². The number of amides is 1. The van der Waals surface area contributed by atoms with E-state index in [1.807, 2.05) is 0 Å². The van der Waals surface area contributed by atoms with Crippen molar-refractivity contribution in [1.82, 2.24) is 10.2 Å². The molecule has 0 aromatic heterocycles. The topological polar surface area (TPSA) is 52.6 Å². The molecular formula is C11H15ClN2O2. The van der Waals surface area contributed by atoms with Gasteiger partial charge in [-0.25, -0.2) is 0 Å². The molecule has 1 aliphatic heterocycles. The second kappa shape index (κ2) is 5.72. The Morgan fingerprint density at radius 3 is 2.50 bits per heavy atom. The van der Waals surface area contributed by atoms with Crippen molar-refractivity contribution in [3.63, 3.8) is 0 Å². The van der Waals surface area contributed by atoms with E-state index in [0.29, 0.717) is 18.7 Å². The number of hydrogen-bond donors (Lipinski definition) is 2. The lowest BCUT2D eigenvalue weighted by Crippen LogP contribution is -2.46. The highest BCUT2D eigenvalue weighted by Crippen LogP contribution is 2.17. The molecule has 1 aromatic carbocycles. The highest BCUT2D eigenvalue weighted by atomic mass is 35.5. The first-order valence-electron chi connectivity index (χ1n) is 5.07. The summed E-state index contributed by atoms with van der Waals surface area (Å²) in [7, 11) is 0. The summed E-state index contributed by atoms with van der Waals surface area (Å²) in [6, 6.07) is 6.66. The minimum Gasteiger partial charge on any atom is -0.507 e. The summed E-state index contributed by atoms with van der Waals surface area (Å²) in [5.41, 5.74) is 0.388. The minimum atomic E-state index is -0.0883. The zero-order valence-electron chi connectivity index (χ0n) is 8.85. The molecule has 1 fully saturated rings. The van der Waals surface area contributed by atoms with Crippen LogP contribution in [0.15, 0.2) is 24.3 Å². The molecule has 0 spiro atoms. The number of carbonyl (C=O) groups excluding carboxylic acids is 1. The number of para-hydroxylation sites is 1. The van der Waals surface area contributed by atoms with E-state index in [1.54, 1.807) is 23.1 Å². The van der Waals surface area contributed by atoms with E-state index >= 15 is 0 Å². The molecule has 0 saturated carbocycles. The van der Waals surface area contributed by atoms with Crippen LogP contribution < -0.4 is 5.32 Å². The van der Waals surface area contributed by atoms with E-state index < -0.39 is 0 Å². The van der Waals surface area contributed by atoms with Crippen LogP contribution in [0.2, 0.25) is 0 Å². The number of carbonyl (C=O) groups is 1. The van der Waals surface area contributed by atoms with Gasteiger partial charge in [-0.3, -0.25) is 4.79 Å². The van der Waals surface area contributed by atoms with Crippen LogP contribution in [0.25, 0.3) is 0 Å². The van der Waals surface area contributed by atoms with Crippen LogP contribution in [-0.2, 0) is 0 Å². The van der Waals surface area contributed by atoms with Crippen molar-refractivity contribution in [1.29, 1.82) is 0 Å². The molecule has 88 valence electrons. The lowest BCUT2D eigenvalue weighted by Gasteiger charge is -2.27. The predicted octanol–water partition coefficient (Wildman–Crippen LogP) is 0.859. The maximum absolute atomic E-state index is 12.0. The molecule has 1 aliphatic rings. The second-order valence-electron chi connectivity index (χ2n) is 3.56. The van der Waals surface area contributed by atoms with Crippen LogP contribution in [0.3, 0.4) is 0 Å². The Bertz CT molecular complexity index is 365. The summed E-state index contributed by atoms with van der Waals surface area (Å²) in [5, 5.41) is 12.7. The number of phenolic OH excluding ortho intramolecular Hbond substituents is 1. The van der Waals surface area contributed by atoms with E-state index in [4.69, 9.17) is 0 Å². The third-order valence-corrected chi connectivity index (χ3v) is 2.54. The molecule has 4 nitrogen and oxygen atoms in total. The molecular weight excluding hydrogens is 228 g/mol. The molecule has 16 heavy (non-hydrogen) atoms. The molecule has 2 rings (SSSR count). The summed E-state index contributed by atoms with van der Waals surface area (Å²) < 4.78 is 0. The number of aromatic hydroxyl groups is 1. The Morgan fingerprint density at radius 2 is 1.88 bits per heavy atom. The van der Waals surface area contributed by atoms with Crippen molar-refractivity contribution in [2.45, 2.75) is 0 Å². The van der Waals surface area contributed by atoms with Crippen LogP contribution in [0.5, 0.6) is 5.75 Å². The monoisotopic (exact) mass is 242 g/mol. The maximum Gasteiger partial charge on any atom is 0.257 e. The molecule has 1 aromatic rings. The average Bonchev–Trinajstić information content (AvgIpc) is 2.30. The lowest BCUT2D eigenvalue weighted by atomic mass is 10.1. The minimum absolute atomic E-state index is 0. The van der Waals surface area contributed by atoms with Crippen molar-refractivity contribution in [2.75, 3.05) is 26.2 Å². The first kappa shape index (κ1) is 12.8. The number of hydrogen-bond acceptors (Lipinski definition) is 3. The Balaban J connectivity index is 0.00000128. The maximum atomic E-state index is 12.0. The molecule has 0 unspecified atom stereocenters. The van der Waals surface area contributed by atoms with Crippen molar-refractivity contribution >= 4 is 18.3 Å². The van der Waals surface area contributed by atoms with E-state index in [9.17, 15) is 9.90 Å². The van der Waals surface area contributed by atoms with Crippen LogP contribution in [0.1, 0.15) is 10.4 Å². The van der Waals surface area contributed by atoms with Crippen molar-refractivity contribution in [3.8, 4) is 5.75 Å². The van der Waals surface area contributed by atoms with Gasteiger partial charge in [-0.2, -0.15) is 0 Å². The number of nitrogens with zero attached hydrogens (tertiary/aromatic N) is 1. The predicted molar refractivity (Wildman–Crippen MR) is 64.1 cm³/mol. The van der Waals surface area contributed by atoms with E-state index in [1.165, 1.54) is 6.07 Å².